The minimum atomic E-state index is -0.444. The predicted octanol–water partition coefficient (Wildman–Crippen LogP) is 1.14. The lowest BCUT2D eigenvalue weighted by molar-refractivity contribution is 0.0942. The van der Waals surface area contributed by atoms with Crippen molar-refractivity contribution in [1.29, 1.82) is 0 Å². The number of ether oxygens (including phenoxy) is 1. The van der Waals surface area contributed by atoms with Gasteiger partial charge in [0.15, 0.2) is 0 Å². The standard InChI is InChI=1S/C22H25N5O4/c1-25-20-16(21(29)26(2)22(25)30)12-18(27(20)10-11-31-3)19(28)23-9-8-14-13-24-17-7-5-4-6-15(14)17/h4-7,12-13,24H,8-11H2,1-3H3,(H,23,28). The van der Waals surface area contributed by atoms with E-state index in [-0.39, 0.29) is 5.91 Å². The van der Waals surface area contributed by atoms with Crippen molar-refractivity contribution in [3.8, 4) is 0 Å². The molecule has 4 aromatic rings. The van der Waals surface area contributed by atoms with E-state index in [1.54, 1.807) is 24.8 Å². The molecule has 162 valence electrons. The van der Waals surface area contributed by atoms with Gasteiger partial charge in [0.05, 0.1) is 12.0 Å². The largest absolute Gasteiger partial charge is 0.383 e. The number of rotatable bonds is 7. The summed E-state index contributed by atoms with van der Waals surface area (Å²) < 4.78 is 9.26. The van der Waals surface area contributed by atoms with Crippen molar-refractivity contribution < 1.29 is 9.53 Å². The monoisotopic (exact) mass is 423 g/mol. The molecule has 9 heteroatoms. The fourth-order valence-corrected chi connectivity index (χ4v) is 3.98. The molecule has 0 bridgehead atoms. The SMILES string of the molecule is COCCn1c(C(=O)NCCc2c[nH]c3ccccc23)cc2c(=O)n(C)c(=O)n(C)c21. The number of hydrogen-bond acceptors (Lipinski definition) is 4. The summed E-state index contributed by atoms with van der Waals surface area (Å²) in [4.78, 5) is 41.3. The third-order valence-electron chi connectivity index (χ3n) is 5.60. The molecule has 0 saturated heterocycles. The van der Waals surface area contributed by atoms with Crippen LogP contribution in [0, 0.1) is 0 Å². The third kappa shape index (κ3) is 3.57. The summed E-state index contributed by atoms with van der Waals surface area (Å²) in [6, 6.07) is 9.56. The molecule has 1 amide bonds. The van der Waals surface area contributed by atoms with Crippen LogP contribution in [0.3, 0.4) is 0 Å². The Morgan fingerprint density at radius 3 is 2.68 bits per heavy atom. The molecule has 3 heterocycles. The number of carbonyl (C=O) groups excluding carboxylic acids is 1. The lowest BCUT2D eigenvalue weighted by Gasteiger charge is -2.12. The number of methoxy groups -OCH3 is 1. The first-order valence-electron chi connectivity index (χ1n) is 10.1. The van der Waals surface area contributed by atoms with Gasteiger partial charge in [-0.25, -0.2) is 4.79 Å². The maximum Gasteiger partial charge on any atom is 0.332 e. The van der Waals surface area contributed by atoms with Gasteiger partial charge in [-0.05, 0) is 24.1 Å². The van der Waals surface area contributed by atoms with Gasteiger partial charge in [0, 0.05) is 51.4 Å². The summed E-state index contributed by atoms with van der Waals surface area (Å²) in [5.41, 5.74) is 2.03. The fourth-order valence-electron chi connectivity index (χ4n) is 3.98. The molecule has 0 aliphatic heterocycles. The molecule has 1 aromatic carbocycles. The van der Waals surface area contributed by atoms with Crippen molar-refractivity contribution in [3.05, 3.63) is 68.6 Å². The van der Waals surface area contributed by atoms with Crippen LogP contribution in [-0.2, 0) is 31.8 Å². The number of carbonyl (C=O) groups is 1. The van der Waals surface area contributed by atoms with E-state index in [9.17, 15) is 14.4 Å². The number of nitrogens with zero attached hydrogens (tertiary/aromatic N) is 3. The van der Waals surface area contributed by atoms with E-state index in [0.29, 0.717) is 42.8 Å². The highest BCUT2D eigenvalue weighted by molar-refractivity contribution is 5.98. The number of benzene rings is 1. The molecular weight excluding hydrogens is 398 g/mol. The zero-order valence-electron chi connectivity index (χ0n) is 17.8. The molecule has 0 aliphatic carbocycles. The van der Waals surface area contributed by atoms with Crippen molar-refractivity contribution in [2.75, 3.05) is 20.3 Å². The van der Waals surface area contributed by atoms with Crippen LogP contribution >= 0.6 is 0 Å². The molecule has 31 heavy (non-hydrogen) atoms. The fraction of sp³-hybridized carbons (Fsp3) is 0.318. The van der Waals surface area contributed by atoms with Crippen LogP contribution in [0.5, 0.6) is 0 Å². The Balaban J connectivity index is 1.63. The van der Waals surface area contributed by atoms with E-state index in [0.717, 1.165) is 21.0 Å². The number of H-pyrrole nitrogens is 1. The first-order valence-corrected chi connectivity index (χ1v) is 10.1. The topological polar surface area (TPSA) is 103 Å². The van der Waals surface area contributed by atoms with Gasteiger partial charge in [0.1, 0.15) is 11.3 Å². The number of fused-ring (bicyclic) bond motifs is 2. The summed E-state index contributed by atoms with van der Waals surface area (Å²) in [5.74, 6) is -0.304. The molecule has 2 N–H and O–H groups in total. The third-order valence-corrected chi connectivity index (χ3v) is 5.60. The maximum atomic E-state index is 13.0. The van der Waals surface area contributed by atoms with Crippen molar-refractivity contribution in [3.63, 3.8) is 0 Å². The minimum absolute atomic E-state index is 0.304. The van der Waals surface area contributed by atoms with E-state index in [4.69, 9.17) is 4.74 Å². The van der Waals surface area contributed by atoms with Gasteiger partial charge in [0.2, 0.25) is 0 Å². The molecule has 0 spiro atoms. The van der Waals surface area contributed by atoms with Crippen molar-refractivity contribution in [1.82, 2.24) is 24.0 Å². The van der Waals surface area contributed by atoms with Gasteiger partial charge >= 0.3 is 5.69 Å². The Bertz CT molecular complexity index is 1390. The molecule has 0 fully saturated rings. The number of nitrogens with one attached hydrogen (secondary N) is 2. The summed E-state index contributed by atoms with van der Waals surface area (Å²) in [6.07, 6.45) is 2.61. The van der Waals surface area contributed by atoms with Crippen molar-refractivity contribution >= 4 is 27.8 Å². The smallest absolute Gasteiger partial charge is 0.332 e. The van der Waals surface area contributed by atoms with Gasteiger partial charge in [-0.3, -0.25) is 18.7 Å². The van der Waals surface area contributed by atoms with Gasteiger partial charge in [-0.15, -0.1) is 0 Å². The molecule has 0 aliphatic rings. The highest BCUT2D eigenvalue weighted by Gasteiger charge is 2.21. The van der Waals surface area contributed by atoms with Gasteiger partial charge in [0.25, 0.3) is 11.5 Å². The quantitative estimate of drug-likeness (QED) is 0.465. The van der Waals surface area contributed by atoms with Crippen LogP contribution in [0.1, 0.15) is 16.1 Å². The number of amides is 1. The second-order valence-electron chi connectivity index (χ2n) is 7.48. The number of para-hydroxylation sites is 1. The second-order valence-corrected chi connectivity index (χ2v) is 7.48. The summed E-state index contributed by atoms with van der Waals surface area (Å²) in [7, 11) is 4.58. The highest BCUT2D eigenvalue weighted by atomic mass is 16.5. The van der Waals surface area contributed by atoms with Crippen LogP contribution < -0.4 is 16.6 Å². The first kappa shape index (κ1) is 20.7. The average Bonchev–Trinajstić information content (AvgIpc) is 3.36. The van der Waals surface area contributed by atoms with Gasteiger partial charge in [-0.2, -0.15) is 0 Å². The normalized spacial score (nSPS) is 11.5. The Morgan fingerprint density at radius 2 is 1.90 bits per heavy atom. The van der Waals surface area contributed by atoms with E-state index in [2.05, 4.69) is 10.3 Å². The van der Waals surface area contributed by atoms with Gasteiger partial charge in [-0.1, -0.05) is 18.2 Å². The Kier molecular flexibility index (Phi) is 5.51. The zero-order chi connectivity index (χ0) is 22.1. The molecule has 0 unspecified atom stereocenters. The number of aryl methyl sites for hydroxylation is 1. The second kappa shape index (κ2) is 8.27. The number of hydrogen-bond donors (Lipinski definition) is 2. The van der Waals surface area contributed by atoms with E-state index in [1.165, 1.54) is 11.6 Å². The summed E-state index contributed by atoms with van der Waals surface area (Å²) in [6.45, 7) is 1.11. The lowest BCUT2D eigenvalue weighted by atomic mass is 10.1. The van der Waals surface area contributed by atoms with Crippen LogP contribution in [0.4, 0.5) is 0 Å². The molecule has 9 nitrogen and oxygen atoms in total. The van der Waals surface area contributed by atoms with Crippen molar-refractivity contribution in [2.24, 2.45) is 14.1 Å². The highest BCUT2D eigenvalue weighted by Crippen LogP contribution is 2.18. The first-order chi connectivity index (χ1) is 14.9. The summed E-state index contributed by atoms with van der Waals surface area (Å²) in [5, 5.41) is 4.39. The lowest BCUT2D eigenvalue weighted by Crippen LogP contribution is -2.37. The molecular formula is C22H25N5O4. The molecule has 4 rings (SSSR count). The molecule has 0 atom stereocenters. The number of aromatic amines is 1. The van der Waals surface area contributed by atoms with Crippen molar-refractivity contribution in [2.45, 2.75) is 13.0 Å². The molecule has 0 saturated carbocycles. The maximum absolute atomic E-state index is 13.0. The van der Waals surface area contributed by atoms with E-state index >= 15 is 0 Å². The molecule has 3 aromatic heterocycles. The average molecular weight is 423 g/mol. The Morgan fingerprint density at radius 1 is 1.13 bits per heavy atom. The molecule has 0 radical (unpaired) electrons. The zero-order valence-corrected chi connectivity index (χ0v) is 17.8. The van der Waals surface area contributed by atoms with Crippen LogP contribution in [-0.4, -0.2) is 44.9 Å². The predicted molar refractivity (Wildman–Crippen MR) is 119 cm³/mol. The van der Waals surface area contributed by atoms with Gasteiger partial charge < -0.3 is 19.6 Å². The minimum Gasteiger partial charge on any atom is -0.383 e. The van der Waals surface area contributed by atoms with Crippen LogP contribution in [0.25, 0.3) is 21.9 Å². The summed E-state index contributed by atoms with van der Waals surface area (Å²) >= 11 is 0. The number of aromatic nitrogens is 4. The van der Waals surface area contributed by atoms with E-state index < -0.39 is 11.2 Å². The Hall–Kier alpha value is -3.59. The Labute approximate surface area is 177 Å². The van der Waals surface area contributed by atoms with E-state index in [1.807, 2.05) is 30.5 Å². The van der Waals surface area contributed by atoms with Crippen LogP contribution in [0.15, 0.2) is 46.1 Å². The van der Waals surface area contributed by atoms with Crippen LogP contribution in [0.2, 0.25) is 0 Å².